The summed E-state index contributed by atoms with van der Waals surface area (Å²) >= 11 is 6.05. The Kier molecular flexibility index (Phi) is 3.59. The second-order valence-electron chi connectivity index (χ2n) is 5.00. The number of fused-ring (bicyclic) bond motifs is 1. The zero-order valence-electron chi connectivity index (χ0n) is 12.2. The van der Waals surface area contributed by atoms with Crippen LogP contribution in [0, 0.1) is 5.82 Å². The lowest BCUT2D eigenvalue weighted by Crippen LogP contribution is -1.92. The van der Waals surface area contributed by atoms with E-state index >= 15 is 0 Å². The van der Waals surface area contributed by atoms with Gasteiger partial charge in [0.1, 0.15) is 11.6 Å². The van der Waals surface area contributed by atoms with Gasteiger partial charge in [0.15, 0.2) is 5.65 Å². The Morgan fingerprint density at radius 3 is 2.67 bits per heavy atom. The van der Waals surface area contributed by atoms with Crippen molar-refractivity contribution in [2.45, 2.75) is 0 Å². The molecule has 0 aliphatic carbocycles. The van der Waals surface area contributed by atoms with E-state index in [4.69, 9.17) is 16.3 Å². The third kappa shape index (κ3) is 2.57. The summed E-state index contributed by atoms with van der Waals surface area (Å²) in [6.07, 6.45) is 1.54. The van der Waals surface area contributed by atoms with Crippen LogP contribution in [0.25, 0.3) is 22.3 Å². The quantitative estimate of drug-likeness (QED) is 0.591. The summed E-state index contributed by atoms with van der Waals surface area (Å²) in [7, 11) is 0. The van der Waals surface area contributed by atoms with E-state index in [0.717, 1.165) is 0 Å². The van der Waals surface area contributed by atoms with Gasteiger partial charge in [0, 0.05) is 11.8 Å². The third-order valence-electron chi connectivity index (χ3n) is 3.47. The summed E-state index contributed by atoms with van der Waals surface area (Å²) in [5, 5.41) is 7.96. The van der Waals surface area contributed by atoms with Crippen LogP contribution in [-0.2, 0) is 0 Å². The molecule has 0 bridgehead atoms. The number of H-pyrrole nitrogens is 1. The number of ether oxygens (including phenoxy) is 1. The topological polar surface area (TPSA) is 63.7 Å². The second-order valence-corrected chi connectivity index (χ2v) is 5.41. The van der Waals surface area contributed by atoms with Gasteiger partial charge in [0.2, 0.25) is 0 Å². The first-order valence-electron chi connectivity index (χ1n) is 7.11. The van der Waals surface area contributed by atoms with Gasteiger partial charge >= 0.3 is 6.01 Å². The van der Waals surface area contributed by atoms with Crippen LogP contribution in [0.1, 0.15) is 0 Å². The van der Waals surface area contributed by atoms with Gasteiger partial charge < -0.3 is 4.74 Å². The summed E-state index contributed by atoms with van der Waals surface area (Å²) in [6.45, 7) is 0. The van der Waals surface area contributed by atoms with Crippen molar-refractivity contribution in [1.82, 2.24) is 20.2 Å². The smallest absolute Gasteiger partial charge is 0.324 e. The lowest BCUT2D eigenvalue weighted by molar-refractivity contribution is 0.444. The van der Waals surface area contributed by atoms with Crippen molar-refractivity contribution in [2.75, 3.05) is 0 Å². The van der Waals surface area contributed by atoms with E-state index < -0.39 is 0 Å². The molecule has 4 rings (SSSR count). The van der Waals surface area contributed by atoms with Gasteiger partial charge in [-0.05, 0) is 24.3 Å². The predicted octanol–water partition coefficient (Wildman–Crippen LogP) is 4.60. The molecule has 118 valence electrons. The summed E-state index contributed by atoms with van der Waals surface area (Å²) in [6, 6.07) is 13.6. The number of nitrogens with one attached hydrogen (secondary N) is 1. The number of benzene rings is 2. The number of aromatic amines is 1. The molecule has 0 radical (unpaired) electrons. The number of hydrogen-bond acceptors (Lipinski definition) is 4. The minimum absolute atomic E-state index is 0.113. The monoisotopic (exact) mass is 340 g/mol. The molecule has 2 aromatic carbocycles. The molecule has 0 aliphatic rings. The zero-order valence-corrected chi connectivity index (χ0v) is 13.0. The van der Waals surface area contributed by atoms with Gasteiger partial charge in [-0.2, -0.15) is 10.1 Å². The Morgan fingerprint density at radius 2 is 1.83 bits per heavy atom. The maximum Gasteiger partial charge on any atom is 0.324 e. The van der Waals surface area contributed by atoms with Gasteiger partial charge in [-0.25, -0.2) is 9.37 Å². The standard InChI is InChI=1S/C17H10ClFN4O/c18-12-6-2-4-8-14(12)24-17-20-9-11-15(22-23-16(11)21-17)10-5-1-3-7-13(10)19/h1-9H,(H,20,21,22,23). The summed E-state index contributed by atoms with van der Waals surface area (Å²) in [5.74, 6) is 0.0998. The highest BCUT2D eigenvalue weighted by Crippen LogP contribution is 2.30. The van der Waals surface area contributed by atoms with E-state index in [1.54, 1.807) is 48.7 Å². The van der Waals surface area contributed by atoms with Gasteiger partial charge in [-0.3, -0.25) is 5.10 Å². The molecule has 24 heavy (non-hydrogen) atoms. The van der Waals surface area contributed by atoms with Gasteiger partial charge in [-0.15, -0.1) is 0 Å². The first-order valence-corrected chi connectivity index (χ1v) is 7.48. The summed E-state index contributed by atoms with van der Waals surface area (Å²) in [4.78, 5) is 8.39. The Labute approximate surface area is 141 Å². The highest BCUT2D eigenvalue weighted by Gasteiger charge is 2.14. The second kappa shape index (κ2) is 5.90. The van der Waals surface area contributed by atoms with E-state index in [2.05, 4.69) is 20.2 Å². The fourth-order valence-electron chi connectivity index (χ4n) is 2.33. The molecule has 2 aromatic heterocycles. The first kappa shape index (κ1) is 14.6. The maximum absolute atomic E-state index is 14.0. The first-order chi connectivity index (χ1) is 11.7. The highest BCUT2D eigenvalue weighted by molar-refractivity contribution is 6.32. The molecule has 0 spiro atoms. The SMILES string of the molecule is Fc1ccccc1-c1[nH]nc2nc(Oc3ccccc3Cl)ncc12. The molecular formula is C17H10ClFN4O. The molecule has 0 atom stereocenters. The van der Waals surface area contributed by atoms with E-state index in [9.17, 15) is 4.39 Å². The fourth-order valence-corrected chi connectivity index (χ4v) is 2.51. The molecule has 7 heteroatoms. The van der Waals surface area contributed by atoms with Crippen LogP contribution in [0.2, 0.25) is 5.02 Å². The minimum atomic E-state index is -0.348. The molecule has 1 N–H and O–H groups in total. The average Bonchev–Trinajstić information content (AvgIpc) is 3.00. The number of nitrogens with zero attached hydrogens (tertiary/aromatic N) is 3. The zero-order chi connectivity index (χ0) is 16.5. The molecular weight excluding hydrogens is 331 g/mol. The van der Waals surface area contributed by atoms with Crippen LogP contribution < -0.4 is 4.74 Å². The number of hydrogen-bond donors (Lipinski definition) is 1. The number of aromatic nitrogens is 4. The number of para-hydroxylation sites is 1. The molecule has 0 amide bonds. The van der Waals surface area contributed by atoms with Crippen LogP contribution >= 0.6 is 11.6 Å². The molecule has 2 heterocycles. The van der Waals surface area contributed by atoms with Crippen molar-refractivity contribution < 1.29 is 9.13 Å². The van der Waals surface area contributed by atoms with E-state index in [0.29, 0.717) is 33.1 Å². The molecule has 5 nitrogen and oxygen atoms in total. The molecule has 0 saturated carbocycles. The Morgan fingerprint density at radius 1 is 1.04 bits per heavy atom. The van der Waals surface area contributed by atoms with Crippen molar-refractivity contribution in [3.05, 3.63) is 65.6 Å². The normalized spacial score (nSPS) is 10.9. The van der Waals surface area contributed by atoms with Crippen LogP contribution in [0.3, 0.4) is 0 Å². The molecule has 0 saturated heterocycles. The number of halogens is 2. The molecule has 4 aromatic rings. The van der Waals surface area contributed by atoms with E-state index in [-0.39, 0.29) is 11.8 Å². The largest absolute Gasteiger partial charge is 0.423 e. The van der Waals surface area contributed by atoms with Crippen LogP contribution in [-0.4, -0.2) is 20.2 Å². The van der Waals surface area contributed by atoms with Crippen molar-refractivity contribution in [2.24, 2.45) is 0 Å². The molecule has 0 fully saturated rings. The van der Waals surface area contributed by atoms with Crippen LogP contribution in [0.15, 0.2) is 54.7 Å². The third-order valence-corrected chi connectivity index (χ3v) is 3.78. The Hall–Kier alpha value is -2.99. The fraction of sp³-hybridized carbons (Fsp3) is 0. The van der Waals surface area contributed by atoms with E-state index in [1.165, 1.54) is 6.07 Å². The van der Waals surface area contributed by atoms with Crippen molar-refractivity contribution >= 4 is 22.6 Å². The van der Waals surface area contributed by atoms with Crippen molar-refractivity contribution in [3.8, 4) is 23.0 Å². The summed E-state index contributed by atoms with van der Waals surface area (Å²) in [5.41, 5.74) is 1.31. The predicted molar refractivity (Wildman–Crippen MR) is 88.6 cm³/mol. The van der Waals surface area contributed by atoms with Crippen molar-refractivity contribution in [1.29, 1.82) is 0 Å². The van der Waals surface area contributed by atoms with Gasteiger partial charge in [0.05, 0.1) is 16.1 Å². The lowest BCUT2D eigenvalue weighted by atomic mass is 10.1. The summed E-state index contributed by atoms with van der Waals surface area (Å²) < 4.78 is 19.5. The van der Waals surface area contributed by atoms with Gasteiger partial charge in [-0.1, -0.05) is 35.9 Å². The Bertz CT molecular complexity index is 1030. The Balaban J connectivity index is 1.73. The number of rotatable bonds is 3. The van der Waals surface area contributed by atoms with Crippen LogP contribution in [0.4, 0.5) is 4.39 Å². The van der Waals surface area contributed by atoms with Gasteiger partial charge in [0.25, 0.3) is 0 Å². The highest BCUT2D eigenvalue weighted by atomic mass is 35.5. The molecule has 0 aliphatic heterocycles. The van der Waals surface area contributed by atoms with Crippen LogP contribution in [0.5, 0.6) is 11.8 Å². The minimum Gasteiger partial charge on any atom is -0.423 e. The van der Waals surface area contributed by atoms with E-state index in [1.807, 2.05) is 0 Å². The lowest BCUT2D eigenvalue weighted by Gasteiger charge is -2.05. The maximum atomic E-state index is 14.0. The van der Waals surface area contributed by atoms with Crippen molar-refractivity contribution in [3.63, 3.8) is 0 Å². The average molecular weight is 341 g/mol. The molecule has 0 unspecified atom stereocenters.